The third-order valence-electron chi connectivity index (χ3n) is 5.52. The van der Waals surface area contributed by atoms with Crippen LogP contribution in [0.3, 0.4) is 0 Å². The highest BCUT2D eigenvalue weighted by atomic mass is 16.3. The minimum Gasteiger partial charge on any atom is -0.493 e. The Balaban J connectivity index is 1.85. The fraction of sp³-hybridized carbons (Fsp3) is 0.263. The van der Waals surface area contributed by atoms with Crippen LogP contribution < -0.4 is 5.69 Å². The topological polar surface area (TPSA) is 71.0 Å². The first-order valence-electron chi connectivity index (χ1n) is 8.19. The number of benzene rings is 2. The number of aromatic nitrogens is 2. The van der Waals surface area contributed by atoms with Crippen LogP contribution in [0.15, 0.2) is 41.2 Å². The van der Waals surface area contributed by atoms with Crippen LogP contribution in [0.2, 0.25) is 0 Å². The molecule has 2 unspecified atom stereocenters. The van der Waals surface area contributed by atoms with Gasteiger partial charge in [0.25, 0.3) is 0 Å². The lowest BCUT2D eigenvalue weighted by atomic mass is 10.0. The molecule has 5 nitrogen and oxygen atoms in total. The van der Waals surface area contributed by atoms with E-state index in [2.05, 4.69) is 6.07 Å². The molecule has 1 aliphatic carbocycles. The predicted molar refractivity (Wildman–Crippen MR) is 89.5 cm³/mol. The Morgan fingerprint density at radius 1 is 1.12 bits per heavy atom. The van der Waals surface area contributed by atoms with Gasteiger partial charge in [0, 0.05) is 22.7 Å². The van der Waals surface area contributed by atoms with Crippen LogP contribution in [-0.4, -0.2) is 14.2 Å². The molecule has 1 aliphatic heterocycles. The first-order valence-corrected chi connectivity index (χ1v) is 8.19. The summed E-state index contributed by atoms with van der Waals surface area (Å²) in [6.07, 6.45) is 3.01. The summed E-state index contributed by atoms with van der Waals surface area (Å²) in [7, 11) is 0. The van der Waals surface area contributed by atoms with Crippen molar-refractivity contribution in [2.45, 2.75) is 31.2 Å². The lowest BCUT2D eigenvalue weighted by molar-refractivity contribution is 0.428. The van der Waals surface area contributed by atoms with E-state index in [0.717, 1.165) is 35.7 Å². The molecule has 2 aromatic carbocycles. The maximum absolute atomic E-state index is 13.0. The van der Waals surface area contributed by atoms with E-state index >= 15 is 0 Å². The SMILES string of the molecule is N#Cc1ccc(-n2c(O)c3n(c2=O)C2CCC3C2)c2ccccc12. The number of hydrogen-bond acceptors (Lipinski definition) is 3. The largest absolute Gasteiger partial charge is 0.493 e. The molecule has 1 aromatic heterocycles. The van der Waals surface area contributed by atoms with E-state index in [1.807, 2.05) is 24.3 Å². The van der Waals surface area contributed by atoms with Crippen molar-refractivity contribution in [2.75, 3.05) is 0 Å². The van der Waals surface area contributed by atoms with Gasteiger partial charge in [-0.3, -0.25) is 4.57 Å². The van der Waals surface area contributed by atoms with Crippen molar-refractivity contribution in [3.8, 4) is 17.6 Å². The van der Waals surface area contributed by atoms with E-state index in [1.54, 1.807) is 16.7 Å². The number of imidazole rings is 1. The number of nitrogens with zero attached hydrogens (tertiary/aromatic N) is 3. The molecule has 2 bridgehead atoms. The van der Waals surface area contributed by atoms with Crippen LogP contribution in [0, 0.1) is 11.3 Å². The summed E-state index contributed by atoms with van der Waals surface area (Å²) in [6.45, 7) is 0. The average Bonchev–Trinajstić information content (AvgIpc) is 3.28. The minimum absolute atomic E-state index is 0.0575. The lowest BCUT2D eigenvalue weighted by Gasteiger charge is -2.11. The van der Waals surface area contributed by atoms with Crippen LogP contribution in [0.25, 0.3) is 16.5 Å². The van der Waals surface area contributed by atoms with E-state index in [-0.39, 0.29) is 23.5 Å². The normalized spacial score (nSPS) is 21.1. The third kappa shape index (κ3) is 1.50. The first kappa shape index (κ1) is 13.4. The molecule has 5 heteroatoms. The molecule has 1 saturated carbocycles. The molecule has 3 aromatic rings. The molecule has 0 spiro atoms. The molecule has 1 N–H and O–H groups in total. The minimum atomic E-state index is -0.176. The van der Waals surface area contributed by atoms with Crippen molar-refractivity contribution in [1.82, 2.24) is 9.13 Å². The highest BCUT2D eigenvalue weighted by molar-refractivity contribution is 5.94. The summed E-state index contributed by atoms with van der Waals surface area (Å²) in [6, 6.07) is 13.4. The van der Waals surface area contributed by atoms with Gasteiger partial charge in [-0.15, -0.1) is 0 Å². The summed E-state index contributed by atoms with van der Waals surface area (Å²) < 4.78 is 3.18. The maximum atomic E-state index is 13.0. The van der Waals surface area contributed by atoms with Crippen LogP contribution in [0.4, 0.5) is 0 Å². The van der Waals surface area contributed by atoms with Crippen LogP contribution in [0.1, 0.15) is 42.5 Å². The molecule has 2 atom stereocenters. The Morgan fingerprint density at radius 3 is 2.67 bits per heavy atom. The zero-order valence-corrected chi connectivity index (χ0v) is 12.9. The Morgan fingerprint density at radius 2 is 1.92 bits per heavy atom. The summed E-state index contributed by atoms with van der Waals surface area (Å²) in [4.78, 5) is 13.0. The van der Waals surface area contributed by atoms with Gasteiger partial charge in [-0.05, 0) is 31.4 Å². The van der Waals surface area contributed by atoms with E-state index in [0.29, 0.717) is 11.3 Å². The van der Waals surface area contributed by atoms with Gasteiger partial charge in [0.1, 0.15) is 0 Å². The van der Waals surface area contributed by atoms with Crippen molar-refractivity contribution < 1.29 is 5.11 Å². The van der Waals surface area contributed by atoms with Gasteiger partial charge in [-0.1, -0.05) is 24.3 Å². The number of aromatic hydroxyl groups is 1. The highest BCUT2D eigenvalue weighted by Gasteiger charge is 2.42. The van der Waals surface area contributed by atoms with E-state index < -0.39 is 0 Å². The summed E-state index contributed by atoms with van der Waals surface area (Å²) >= 11 is 0. The maximum Gasteiger partial charge on any atom is 0.336 e. The smallest absolute Gasteiger partial charge is 0.336 e. The predicted octanol–water partition coefficient (Wildman–Crippen LogP) is 3.19. The van der Waals surface area contributed by atoms with Crippen molar-refractivity contribution in [3.63, 3.8) is 0 Å². The molecule has 0 radical (unpaired) electrons. The van der Waals surface area contributed by atoms with Gasteiger partial charge in [0.15, 0.2) is 0 Å². The number of fused-ring (bicyclic) bond motifs is 6. The number of hydrogen-bond donors (Lipinski definition) is 1. The monoisotopic (exact) mass is 317 g/mol. The molecular formula is C19H15N3O2. The van der Waals surface area contributed by atoms with Crippen LogP contribution >= 0.6 is 0 Å². The van der Waals surface area contributed by atoms with Gasteiger partial charge >= 0.3 is 5.69 Å². The zero-order valence-electron chi connectivity index (χ0n) is 12.9. The molecule has 1 fully saturated rings. The fourth-order valence-electron chi connectivity index (χ4n) is 4.49. The van der Waals surface area contributed by atoms with Gasteiger partial charge in [-0.2, -0.15) is 5.26 Å². The molecule has 2 aliphatic rings. The van der Waals surface area contributed by atoms with Gasteiger partial charge in [0.05, 0.1) is 23.0 Å². The van der Waals surface area contributed by atoms with Crippen molar-refractivity contribution in [3.05, 3.63) is 58.1 Å². The highest BCUT2D eigenvalue weighted by Crippen LogP contribution is 2.51. The Hall–Kier alpha value is -3.00. The van der Waals surface area contributed by atoms with Crippen molar-refractivity contribution in [2.24, 2.45) is 0 Å². The van der Waals surface area contributed by atoms with Gasteiger partial charge < -0.3 is 5.11 Å². The molecule has 24 heavy (non-hydrogen) atoms. The Kier molecular flexibility index (Phi) is 2.53. The summed E-state index contributed by atoms with van der Waals surface area (Å²) in [5.74, 6) is 0.343. The average molecular weight is 317 g/mol. The number of nitriles is 1. The van der Waals surface area contributed by atoms with Crippen molar-refractivity contribution in [1.29, 1.82) is 5.26 Å². The summed E-state index contributed by atoms with van der Waals surface area (Å²) in [5, 5.41) is 21.7. The third-order valence-corrected chi connectivity index (χ3v) is 5.52. The van der Waals surface area contributed by atoms with Gasteiger partial charge in [-0.25, -0.2) is 9.36 Å². The quantitative estimate of drug-likeness (QED) is 0.749. The fourth-order valence-corrected chi connectivity index (χ4v) is 4.49. The number of rotatable bonds is 1. The second-order valence-electron chi connectivity index (χ2n) is 6.65. The molecule has 5 rings (SSSR count). The second-order valence-corrected chi connectivity index (χ2v) is 6.65. The van der Waals surface area contributed by atoms with E-state index in [4.69, 9.17) is 0 Å². The lowest BCUT2D eigenvalue weighted by Crippen LogP contribution is -2.25. The second kappa shape index (κ2) is 4.51. The van der Waals surface area contributed by atoms with Crippen molar-refractivity contribution >= 4 is 10.8 Å². The molecule has 0 amide bonds. The first-order chi connectivity index (χ1) is 11.7. The molecule has 118 valence electrons. The van der Waals surface area contributed by atoms with E-state index in [1.165, 1.54) is 4.57 Å². The molecule has 2 heterocycles. The Labute approximate surface area is 138 Å². The van der Waals surface area contributed by atoms with E-state index in [9.17, 15) is 15.2 Å². The van der Waals surface area contributed by atoms with Crippen LogP contribution in [-0.2, 0) is 0 Å². The van der Waals surface area contributed by atoms with Gasteiger partial charge in [0.2, 0.25) is 5.88 Å². The molecule has 0 saturated heterocycles. The standard InChI is InChI=1S/C19H15N3O2/c20-10-12-6-8-16(15-4-2-1-3-14(12)15)22-18(23)17-11-5-7-13(9-11)21(17)19(22)24/h1-4,6,8,11,13,23H,5,7,9H2. The molecular weight excluding hydrogens is 302 g/mol. The van der Waals surface area contributed by atoms with Crippen LogP contribution in [0.5, 0.6) is 5.88 Å². The summed E-state index contributed by atoms with van der Waals surface area (Å²) in [5.41, 5.74) is 1.80. The Bertz CT molecular complexity index is 1100. The zero-order chi connectivity index (χ0) is 16.4.